The Hall–Kier alpha value is -3.58. The Morgan fingerprint density at radius 1 is 0.970 bits per heavy atom. The van der Waals surface area contributed by atoms with Crippen LogP contribution in [0.2, 0.25) is 0 Å². The van der Waals surface area contributed by atoms with Crippen LogP contribution < -0.4 is 5.32 Å². The standard InChI is InChI=1S/C26H25N5OS/c1-4-31-22-8-6-5-7-20(22)21-15-19(13-14-23(21)31)27-24(32)16-33-26-29-28-25(30(26)3)18-11-9-17(2)10-12-18/h5-15H,4,16H2,1-3H3,(H,27,32). The van der Waals surface area contributed by atoms with Crippen molar-refractivity contribution >= 4 is 45.2 Å². The fraction of sp³-hybridized carbons (Fsp3) is 0.192. The molecule has 0 radical (unpaired) electrons. The van der Waals surface area contributed by atoms with E-state index in [1.54, 1.807) is 0 Å². The number of nitrogens with zero attached hydrogens (tertiary/aromatic N) is 4. The van der Waals surface area contributed by atoms with Crippen molar-refractivity contribution in [1.82, 2.24) is 19.3 Å². The van der Waals surface area contributed by atoms with E-state index in [4.69, 9.17) is 0 Å². The van der Waals surface area contributed by atoms with Crippen molar-refractivity contribution in [2.45, 2.75) is 25.5 Å². The molecule has 0 bridgehead atoms. The predicted molar refractivity (Wildman–Crippen MR) is 136 cm³/mol. The first-order valence-electron chi connectivity index (χ1n) is 10.9. The van der Waals surface area contributed by atoms with Crippen LogP contribution in [-0.2, 0) is 18.4 Å². The molecule has 0 saturated carbocycles. The molecule has 0 spiro atoms. The number of fused-ring (bicyclic) bond motifs is 3. The molecular weight excluding hydrogens is 430 g/mol. The van der Waals surface area contributed by atoms with Crippen molar-refractivity contribution in [1.29, 1.82) is 0 Å². The maximum Gasteiger partial charge on any atom is 0.234 e. The first-order chi connectivity index (χ1) is 16.0. The second kappa shape index (κ2) is 8.75. The zero-order chi connectivity index (χ0) is 22.9. The van der Waals surface area contributed by atoms with E-state index >= 15 is 0 Å². The molecule has 0 saturated heterocycles. The number of amides is 1. The van der Waals surface area contributed by atoms with E-state index in [2.05, 4.69) is 82.5 Å². The number of aryl methyl sites for hydroxylation is 2. The summed E-state index contributed by atoms with van der Waals surface area (Å²) in [6.45, 7) is 5.10. The van der Waals surface area contributed by atoms with Gasteiger partial charge in [0.2, 0.25) is 5.91 Å². The van der Waals surface area contributed by atoms with Crippen LogP contribution in [0.4, 0.5) is 5.69 Å². The predicted octanol–water partition coefficient (Wildman–Crippen LogP) is 5.65. The summed E-state index contributed by atoms with van der Waals surface area (Å²) in [6, 6.07) is 22.7. The highest BCUT2D eigenvalue weighted by Crippen LogP contribution is 2.31. The topological polar surface area (TPSA) is 64.7 Å². The number of benzene rings is 3. The van der Waals surface area contributed by atoms with Gasteiger partial charge in [0.05, 0.1) is 5.75 Å². The zero-order valence-corrected chi connectivity index (χ0v) is 19.7. The van der Waals surface area contributed by atoms with Gasteiger partial charge >= 0.3 is 0 Å². The van der Waals surface area contributed by atoms with E-state index in [9.17, 15) is 4.79 Å². The summed E-state index contributed by atoms with van der Waals surface area (Å²) in [5.41, 5.74) is 5.39. The number of carbonyl (C=O) groups is 1. The van der Waals surface area contributed by atoms with Crippen molar-refractivity contribution in [2.24, 2.45) is 7.05 Å². The lowest BCUT2D eigenvalue weighted by Gasteiger charge is -2.07. The zero-order valence-electron chi connectivity index (χ0n) is 18.9. The average molecular weight is 456 g/mol. The molecule has 6 nitrogen and oxygen atoms in total. The summed E-state index contributed by atoms with van der Waals surface area (Å²) in [4.78, 5) is 12.7. The lowest BCUT2D eigenvalue weighted by molar-refractivity contribution is -0.113. The smallest absolute Gasteiger partial charge is 0.234 e. The molecule has 0 aliphatic rings. The van der Waals surface area contributed by atoms with Gasteiger partial charge in [-0.15, -0.1) is 10.2 Å². The van der Waals surface area contributed by atoms with Gasteiger partial charge in [0.1, 0.15) is 0 Å². The van der Waals surface area contributed by atoms with Crippen molar-refractivity contribution < 1.29 is 4.79 Å². The molecule has 0 fully saturated rings. The quantitative estimate of drug-likeness (QED) is 0.336. The van der Waals surface area contributed by atoms with Gasteiger partial charge in [-0.05, 0) is 38.1 Å². The van der Waals surface area contributed by atoms with E-state index in [1.165, 1.54) is 33.7 Å². The van der Waals surface area contributed by atoms with Gasteiger partial charge in [-0.1, -0.05) is 59.8 Å². The van der Waals surface area contributed by atoms with Gasteiger partial charge < -0.3 is 14.5 Å². The third-order valence-electron chi connectivity index (χ3n) is 5.85. The Bertz CT molecular complexity index is 1470. The number of thioether (sulfide) groups is 1. The summed E-state index contributed by atoms with van der Waals surface area (Å²) < 4.78 is 4.22. The highest BCUT2D eigenvalue weighted by Gasteiger charge is 2.14. The van der Waals surface area contributed by atoms with Crippen molar-refractivity contribution in [3.63, 3.8) is 0 Å². The lowest BCUT2D eigenvalue weighted by atomic mass is 10.1. The van der Waals surface area contributed by atoms with Gasteiger partial charge in [-0.2, -0.15) is 0 Å². The summed E-state index contributed by atoms with van der Waals surface area (Å²) in [6.07, 6.45) is 0. The highest BCUT2D eigenvalue weighted by atomic mass is 32.2. The number of anilines is 1. The van der Waals surface area contributed by atoms with Crippen molar-refractivity contribution in [2.75, 3.05) is 11.1 Å². The normalized spacial score (nSPS) is 11.4. The Morgan fingerprint density at radius 3 is 2.52 bits per heavy atom. The number of rotatable bonds is 6. The molecule has 1 amide bonds. The van der Waals surface area contributed by atoms with Crippen LogP contribution >= 0.6 is 11.8 Å². The molecule has 0 atom stereocenters. The van der Waals surface area contributed by atoms with E-state index in [1.807, 2.05) is 29.8 Å². The van der Waals surface area contributed by atoms with Crippen LogP contribution in [0.3, 0.4) is 0 Å². The largest absolute Gasteiger partial charge is 0.341 e. The summed E-state index contributed by atoms with van der Waals surface area (Å²) >= 11 is 1.38. The third kappa shape index (κ3) is 4.00. The molecule has 5 aromatic rings. The summed E-state index contributed by atoms with van der Waals surface area (Å²) in [7, 11) is 1.92. The van der Waals surface area contributed by atoms with Gasteiger partial charge in [-0.25, -0.2) is 0 Å². The minimum absolute atomic E-state index is 0.0709. The van der Waals surface area contributed by atoms with E-state index < -0.39 is 0 Å². The second-order valence-electron chi connectivity index (χ2n) is 8.06. The molecule has 7 heteroatoms. The average Bonchev–Trinajstić information content (AvgIpc) is 3.35. The van der Waals surface area contributed by atoms with Crippen molar-refractivity contribution in [3.8, 4) is 11.4 Å². The minimum atomic E-state index is -0.0709. The Labute approximate surface area is 196 Å². The summed E-state index contributed by atoms with van der Waals surface area (Å²) in [5, 5.41) is 14.7. The van der Waals surface area contributed by atoms with Crippen LogP contribution in [0.25, 0.3) is 33.2 Å². The highest BCUT2D eigenvalue weighted by molar-refractivity contribution is 7.99. The maximum atomic E-state index is 12.7. The Morgan fingerprint density at radius 2 is 1.73 bits per heavy atom. The van der Waals surface area contributed by atoms with Gasteiger partial charge in [0.15, 0.2) is 11.0 Å². The van der Waals surface area contributed by atoms with Gasteiger partial charge in [0, 0.05) is 46.6 Å². The van der Waals surface area contributed by atoms with Gasteiger partial charge in [0.25, 0.3) is 0 Å². The second-order valence-corrected chi connectivity index (χ2v) is 9.00. The molecule has 0 aliphatic heterocycles. The van der Waals surface area contributed by atoms with E-state index in [0.29, 0.717) is 5.16 Å². The molecule has 0 unspecified atom stereocenters. The minimum Gasteiger partial charge on any atom is -0.341 e. The number of para-hydroxylation sites is 1. The van der Waals surface area contributed by atoms with Crippen LogP contribution in [0.15, 0.2) is 71.9 Å². The SMILES string of the molecule is CCn1c2ccccc2c2cc(NC(=O)CSc3nnc(-c4ccc(C)cc4)n3C)ccc21. The molecule has 2 heterocycles. The number of hydrogen-bond acceptors (Lipinski definition) is 4. The van der Waals surface area contributed by atoms with Gasteiger partial charge in [-0.3, -0.25) is 4.79 Å². The summed E-state index contributed by atoms with van der Waals surface area (Å²) in [5.74, 6) is 0.975. The van der Waals surface area contributed by atoms with E-state index in [0.717, 1.165) is 29.0 Å². The number of nitrogens with one attached hydrogen (secondary N) is 1. The monoisotopic (exact) mass is 455 g/mol. The third-order valence-corrected chi connectivity index (χ3v) is 6.87. The molecular formula is C26H25N5OS. The Kier molecular flexibility index (Phi) is 5.64. The number of aromatic nitrogens is 4. The molecule has 33 heavy (non-hydrogen) atoms. The van der Waals surface area contributed by atoms with Crippen LogP contribution in [0, 0.1) is 6.92 Å². The van der Waals surface area contributed by atoms with Crippen LogP contribution in [0.5, 0.6) is 0 Å². The van der Waals surface area contributed by atoms with E-state index in [-0.39, 0.29) is 11.7 Å². The molecule has 0 aliphatic carbocycles. The molecule has 1 N–H and O–H groups in total. The fourth-order valence-electron chi connectivity index (χ4n) is 4.19. The molecule has 2 aromatic heterocycles. The maximum absolute atomic E-state index is 12.7. The number of hydrogen-bond donors (Lipinski definition) is 1. The first-order valence-corrected chi connectivity index (χ1v) is 11.9. The number of carbonyl (C=O) groups excluding carboxylic acids is 1. The first kappa shape index (κ1) is 21.3. The van der Waals surface area contributed by atoms with Crippen LogP contribution in [-0.4, -0.2) is 31.0 Å². The molecule has 5 rings (SSSR count). The lowest BCUT2D eigenvalue weighted by Crippen LogP contribution is -2.14. The fourth-order valence-corrected chi connectivity index (χ4v) is 4.90. The van der Waals surface area contributed by atoms with Crippen LogP contribution in [0.1, 0.15) is 12.5 Å². The van der Waals surface area contributed by atoms with Crippen molar-refractivity contribution in [3.05, 3.63) is 72.3 Å². The molecule has 3 aromatic carbocycles. The Balaban J connectivity index is 1.31. The molecule has 166 valence electrons.